The van der Waals surface area contributed by atoms with Crippen LogP contribution in [0.15, 0.2) is 48.5 Å². The number of hydrogen-bond donors (Lipinski definition) is 2. The second kappa shape index (κ2) is 8.98. The summed E-state index contributed by atoms with van der Waals surface area (Å²) in [6.07, 6.45) is 1.25. The Labute approximate surface area is 165 Å². The Morgan fingerprint density at radius 2 is 1.52 bits per heavy atom. The highest BCUT2D eigenvalue weighted by Gasteiger charge is 2.24. The first-order chi connectivity index (χ1) is 12.8. The molecule has 0 amide bonds. The second-order valence-electron chi connectivity index (χ2n) is 8.34. The zero-order chi connectivity index (χ0) is 20.0. The molecular formula is C24H35N3. The van der Waals surface area contributed by atoms with Gasteiger partial charge in [-0.2, -0.15) is 0 Å². The van der Waals surface area contributed by atoms with Crippen LogP contribution in [0.4, 0.5) is 5.69 Å². The molecule has 0 bridgehead atoms. The highest BCUT2D eigenvalue weighted by atomic mass is 15.1. The summed E-state index contributed by atoms with van der Waals surface area (Å²) in [6.45, 7) is 12.9. The van der Waals surface area contributed by atoms with Gasteiger partial charge in [-0.15, -0.1) is 0 Å². The lowest BCUT2D eigenvalue weighted by Gasteiger charge is -2.35. The molecule has 0 fully saturated rings. The molecule has 3 nitrogen and oxygen atoms in total. The number of nitrogens with two attached hydrogens (primary N) is 1. The summed E-state index contributed by atoms with van der Waals surface area (Å²) >= 11 is 0. The minimum absolute atomic E-state index is 0.200. The number of nitrogens with one attached hydrogen (secondary N) is 1. The van der Waals surface area contributed by atoms with Gasteiger partial charge in [-0.25, -0.2) is 0 Å². The van der Waals surface area contributed by atoms with Crippen LogP contribution >= 0.6 is 0 Å². The Balaban J connectivity index is 0.000000817. The molecule has 0 spiro atoms. The van der Waals surface area contributed by atoms with E-state index in [0.717, 1.165) is 30.0 Å². The Hall–Kier alpha value is -2.42. The van der Waals surface area contributed by atoms with Crippen molar-refractivity contribution >= 4 is 17.1 Å². The van der Waals surface area contributed by atoms with Gasteiger partial charge in [0.05, 0.1) is 11.4 Å². The second-order valence-corrected chi connectivity index (χ2v) is 8.34. The van der Waals surface area contributed by atoms with Crippen LogP contribution in [0.3, 0.4) is 0 Å². The van der Waals surface area contributed by atoms with Crippen molar-refractivity contribution in [1.29, 1.82) is 0 Å². The van der Waals surface area contributed by atoms with Crippen molar-refractivity contribution < 1.29 is 0 Å². The summed E-state index contributed by atoms with van der Waals surface area (Å²) in [5.74, 6) is 0. The minimum atomic E-state index is 0.200. The SMILES string of the molecule is CCC.CN/C1=C(\N)c2ccccc2N(CC(C)(C)C)Cc2ccccc21. The molecule has 0 saturated carbocycles. The Morgan fingerprint density at radius 1 is 0.963 bits per heavy atom. The molecule has 0 aliphatic carbocycles. The van der Waals surface area contributed by atoms with E-state index in [0.29, 0.717) is 0 Å². The predicted octanol–water partition coefficient (Wildman–Crippen LogP) is 5.47. The largest absolute Gasteiger partial charge is 0.396 e. The van der Waals surface area contributed by atoms with E-state index in [1.54, 1.807) is 0 Å². The summed E-state index contributed by atoms with van der Waals surface area (Å²) in [5.41, 5.74) is 13.4. The molecule has 3 heteroatoms. The molecule has 0 aromatic heterocycles. The number of benzene rings is 2. The first-order valence-corrected chi connectivity index (χ1v) is 9.92. The third-order valence-corrected chi connectivity index (χ3v) is 4.37. The van der Waals surface area contributed by atoms with Crippen LogP contribution in [-0.4, -0.2) is 13.6 Å². The number of rotatable bonds is 2. The normalized spacial score (nSPS) is 16.3. The van der Waals surface area contributed by atoms with Gasteiger partial charge in [-0.3, -0.25) is 0 Å². The third-order valence-electron chi connectivity index (χ3n) is 4.37. The highest BCUT2D eigenvalue weighted by Crippen LogP contribution is 2.35. The van der Waals surface area contributed by atoms with E-state index >= 15 is 0 Å². The molecule has 3 N–H and O–H groups in total. The molecule has 0 saturated heterocycles. The molecule has 1 aliphatic heterocycles. The maximum absolute atomic E-state index is 6.60. The number of nitrogens with zero attached hydrogens (tertiary/aromatic N) is 1. The van der Waals surface area contributed by atoms with Crippen molar-refractivity contribution in [2.75, 3.05) is 18.5 Å². The van der Waals surface area contributed by atoms with E-state index in [-0.39, 0.29) is 5.41 Å². The lowest BCUT2D eigenvalue weighted by Crippen LogP contribution is -2.34. The maximum atomic E-state index is 6.60. The monoisotopic (exact) mass is 365 g/mol. The zero-order valence-electron chi connectivity index (χ0n) is 17.8. The number of hydrogen-bond acceptors (Lipinski definition) is 3. The Bertz CT molecular complexity index is 784. The summed E-state index contributed by atoms with van der Waals surface area (Å²) in [5, 5.41) is 3.32. The van der Waals surface area contributed by atoms with Gasteiger partial charge in [0.15, 0.2) is 0 Å². The topological polar surface area (TPSA) is 41.3 Å². The average Bonchev–Trinajstić information content (AvgIpc) is 2.61. The molecule has 1 heterocycles. The van der Waals surface area contributed by atoms with E-state index in [1.165, 1.54) is 23.2 Å². The molecule has 146 valence electrons. The minimum Gasteiger partial charge on any atom is -0.396 e. The van der Waals surface area contributed by atoms with E-state index in [4.69, 9.17) is 5.73 Å². The lowest BCUT2D eigenvalue weighted by molar-refractivity contribution is 0.408. The molecule has 0 radical (unpaired) electrons. The van der Waals surface area contributed by atoms with Gasteiger partial charge in [-0.1, -0.05) is 83.5 Å². The quantitative estimate of drug-likeness (QED) is 0.741. The van der Waals surface area contributed by atoms with Crippen LogP contribution in [0.5, 0.6) is 0 Å². The van der Waals surface area contributed by atoms with Gasteiger partial charge < -0.3 is 16.0 Å². The van der Waals surface area contributed by atoms with Crippen molar-refractivity contribution in [3.05, 3.63) is 65.2 Å². The van der Waals surface area contributed by atoms with Gasteiger partial charge in [0.1, 0.15) is 0 Å². The smallest absolute Gasteiger partial charge is 0.0655 e. The van der Waals surface area contributed by atoms with E-state index in [1.807, 2.05) is 7.05 Å². The van der Waals surface area contributed by atoms with E-state index in [2.05, 4.69) is 93.4 Å². The van der Waals surface area contributed by atoms with Crippen molar-refractivity contribution in [3.63, 3.8) is 0 Å². The van der Waals surface area contributed by atoms with Crippen LogP contribution in [0.1, 0.15) is 57.7 Å². The number of para-hydroxylation sites is 1. The van der Waals surface area contributed by atoms with Crippen LogP contribution in [0.25, 0.3) is 11.4 Å². The summed E-state index contributed by atoms with van der Waals surface area (Å²) < 4.78 is 0. The third kappa shape index (κ3) is 5.06. The number of anilines is 1. The predicted molar refractivity (Wildman–Crippen MR) is 119 cm³/mol. The van der Waals surface area contributed by atoms with Crippen molar-refractivity contribution in [1.82, 2.24) is 5.32 Å². The van der Waals surface area contributed by atoms with Gasteiger partial charge in [0.25, 0.3) is 0 Å². The molecule has 3 rings (SSSR count). The molecule has 1 aliphatic rings. The standard InChI is InChI=1S/C21H27N3.C3H8/c1-21(2,3)14-24-13-15-9-5-6-10-16(15)20(23-4)19(22)17-11-7-8-12-18(17)24;1-3-2/h5-12,23H,13-14,22H2,1-4H3;3H2,1-2H3/b20-19-;. The summed E-state index contributed by atoms with van der Waals surface area (Å²) in [7, 11) is 1.94. The lowest BCUT2D eigenvalue weighted by atomic mass is 9.92. The fraction of sp³-hybridized carbons (Fsp3) is 0.417. The van der Waals surface area contributed by atoms with Crippen LogP contribution < -0.4 is 16.0 Å². The maximum Gasteiger partial charge on any atom is 0.0655 e. The van der Waals surface area contributed by atoms with Crippen LogP contribution in [0, 0.1) is 5.41 Å². The average molecular weight is 366 g/mol. The van der Waals surface area contributed by atoms with Crippen molar-refractivity contribution in [2.45, 2.75) is 47.6 Å². The molecular weight excluding hydrogens is 330 g/mol. The van der Waals surface area contributed by atoms with Crippen LogP contribution in [0.2, 0.25) is 0 Å². The Kier molecular flexibility index (Phi) is 6.95. The molecule has 2 aromatic rings. The van der Waals surface area contributed by atoms with Crippen molar-refractivity contribution in [3.8, 4) is 0 Å². The first-order valence-electron chi connectivity index (χ1n) is 9.92. The number of fused-ring (bicyclic) bond motifs is 2. The van der Waals surface area contributed by atoms with E-state index < -0.39 is 0 Å². The molecule has 0 unspecified atom stereocenters. The van der Waals surface area contributed by atoms with Crippen LogP contribution in [-0.2, 0) is 6.54 Å². The zero-order valence-corrected chi connectivity index (χ0v) is 17.8. The van der Waals surface area contributed by atoms with Gasteiger partial charge in [0.2, 0.25) is 0 Å². The summed E-state index contributed by atoms with van der Waals surface area (Å²) in [6, 6.07) is 17.0. The van der Waals surface area contributed by atoms with Crippen molar-refractivity contribution in [2.24, 2.45) is 11.1 Å². The fourth-order valence-corrected chi connectivity index (χ4v) is 3.43. The first kappa shape index (κ1) is 20.9. The molecule has 0 atom stereocenters. The highest BCUT2D eigenvalue weighted by molar-refractivity contribution is 5.93. The molecule has 27 heavy (non-hydrogen) atoms. The van der Waals surface area contributed by atoms with Gasteiger partial charge in [-0.05, 0) is 17.0 Å². The van der Waals surface area contributed by atoms with Gasteiger partial charge >= 0.3 is 0 Å². The van der Waals surface area contributed by atoms with E-state index in [9.17, 15) is 0 Å². The van der Waals surface area contributed by atoms with Gasteiger partial charge in [0, 0.05) is 37.0 Å². The molecule has 2 aromatic carbocycles. The Morgan fingerprint density at radius 3 is 2.11 bits per heavy atom. The fourth-order valence-electron chi connectivity index (χ4n) is 3.43. The summed E-state index contributed by atoms with van der Waals surface area (Å²) in [4.78, 5) is 2.45.